The maximum atomic E-state index is 12.9. The van der Waals surface area contributed by atoms with E-state index in [9.17, 15) is 13.2 Å². The van der Waals surface area contributed by atoms with Crippen molar-refractivity contribution in [2.75, 3.05) is 0 Å². The Bertz CT molecular complexity index is 1010. The molecule has 2 aliphatic rings. The largest absolute Gasteiger partial charge is 0.423 e. The third kappa shape index (κ3) is 2.38. The number of sulfonamides is 1. The van der Waals surface area contributed by atoms with Crippen LogP contribution < -0.4 is 10.3 Å². The Balaban J connectivity index is 1.67. The van der Waals surface area contributed by atoms with Gasteiger partial charge in [-0.15, -0.1) is 0 Å². The number of nitrogens with one attached hydrogen (secondary N) is 1. The summed E-state index contributed by atoms with van der Waals surface area (Å²) in [5.74, 6) is 0.566. The standard InChI is InChI=1S/C19H23NO4S/c1-18(2)13-8-9-19(18,3)16(11-13)20-25(22,23)14-5-6-15-12(10-14)4-7-17(21)24-15/h4-7,10,13,16,20H,8-9,11H2,1-3H3/t13-,16-,19-/m0/s1. The fourth-order valence-electron chi connectivity index (χ4n) is 4.85. The van der Waals surface area contributed by atoms with E-state index >= 15 is 0 Å². The van der Waals surface area contributed by atoms with Gasteiger partial charge >= 0.3 is 5.63 Å². The van der Waals surface area contributed by atoms with Gasteiger partial charge in [0.05, 0.1) is 4.90 Å². The Morgan fingerprint density at radius 2 is 1.92 bits per heavy atom. The summed E-state index contributed by atoms with van der Waals surface area (Å²) in [6.45, 7) is 6.73. The second kappa shape index (κ2) is 5.17. The minimum absolute atomic E-state index is 0.0195. The minimum Gasteiger partial charge on any atom is -0.423 e. The first-order chi connectivity index (χ1) is 11.6. The summed E-state index contributed by atoms with van der Waals surface area (Å²) in [6.07, 6.45) is 3.13. The zero-order valence-electron chi connectivity index (χ0n) is 14.7. The Morgan fingerprint density at radius 1 is 1.16 bits per heavy atom. The smallest absolute Gasteiger partial charge is 0.336 e. The molecule has 2 saturated carbocycles. The molecule has 1 N–H and O–H groups in total. The van der Waals surface area contributed by atoms with Gasteiger partial charge in [-0.2, -0.15) is 0 Å². The molecule has 0 aliphatic heterocycles. The predicted molar refractivity (Wildman–Crippen MR) is 95.8 cm³/mol. The summed E-state index contributed by atoms with van der Waals surface area (Å²) in [5.41, 5.74) is 0.0688. The van der Waals surface area contributed by atoms with E-state index in [1.165, 1.54) is 24.6 Å². The topological polar surface area (TPSA) is 76.4 Å². The molecular formula is C19H23NO4S. The first-order valence-corrected chi connectivity index (χ1v) is 10.2. The Kier molecular flexibility index (Phi) is 3.48. The molecule has 4 rings (SSSR count). The van der Waals surface area contributed by atoms with E-state index in [4.69, 9.17) is 4.42 Å². The summed E-state index contributed by atoms with van der Waals surface area (Å²) < 4.78 is 33.9. The van der Waals surface area contributed by atoms with Crippen molar-refractivity contribution in [3.8, 4) is 0 Å². The van der Waals surface area contributed by atoms with Crippen LogP contribution in [0.2, 0.25) is 0 Å². The first-order valence-electron chi connectivity index (χ1n) is 8.70. The molecule has 1 heterocycles. The molecule has 1 aromatic heterocycles. The zero-order chi connectivity index (χ0) is 18.0. The number of fused-ring (bicyclic) bond motifs is 3. The lowest BCUT2D eigenvalue weighted by atomic mass is 9.69. The van der Waals surface area contributed by atoms with Gasteiger partial charge in [0.1, 0.15) is 5.58 Å². The van der Waals surface area contributed by atoms with Crippen molar-refractivity contribution >= 4 is 21.0 Å². The second-order valence-corrected chi connectivity index (χ2v) is 9.95. The van der Waals surface area contributed by atoms with Gasteiger partial charge in [-0.25, -0.2) is 17.9 Å². The van der Waals surface area contributed by atoms with Gasteiger partial charge in [0.15, 0.2) is 0 Å². The average Bonchev–Trinajstić information content (AvgIpc) is 2.87. The Labute approximate surface area is 147 Å². The number of rotatable bonds is 3. The van der Waals surface area contributed by atoms with Gasteiger partial charge in [0.25, 0.3) is 0 Å². The molecule has 2 fully saturated rings. The maximum absolute atomic E-state index is 12.9. The molecule has 2 bridgehead atoms. The Hall–Kier alpha value is -1.66. The number of hydrogen-bond acceptors (Lipinski definition) is 4. The highest BCUT2D eigenvalue weighted by molar-refractivity contribution is 7.89. The van der Waals surface area contributed by atoms with Gasteiger partial charge in [0, 0.05) is 17.5 Å². The molecule has 25 heavy (non-hydrogen) atoms. The molecule has 5 nitrogen and oxygen atoms in total. The van der Waals surface area contributed by atoms with Crippen LogP contribution in [0, 0.1) is 16.7 Å². The summed E-state index contributed by atoms with van der Waals surface area (Å²) in [5, 5.41) is 0.599. The van der Waals surface area contributed by atoms with Crippen molar-refractivity contribution in [2.24, 2.45) is 16.7 Å². The highest BCUT2D eigenvalue weighted by Crippen LogP contribution is 2.65. The van der Waals surface area contributed by atoms with Crippen LogP contribution in [0.1, 0.15) is 40.0 Å². The van der Waals surface area contributed by atoms with E-state index in [2.05, 4.69) is 25.5 Å². The zero-order valence-corrected chi connectivity index (χ0v) is 15.5. The van der Waals surface area contributed by atoms with Crippen molar-refractivity contribution in [3.05, 3.63) is 40.8 Å². The van der Waals surface area contributed by atoms with Crippen LogP contribution >= 0.6 is 0 Å². The lowest BCUT2D eigenvalue weighted by Crippen LogP contribution is -2.46. The van der Waals surface area contributed by atoms with Crippen molar-refractivity contribution in [3.63, 3.8) is 0 Å². The third-order valence-electron chi connectivity index (χ3n) is 6.99. The highest BCUT2D eigenvalue weighted by atomic mass is 32.2. The molecule has 2 aromatic rings. The molecule has 3 atom stereocenters. The van der Waals surface area contributed by atoms with Crippen molar-refractivity contribution in [1.29, 1.82) is 0 Å². The molecule has 1 aromatic carbocycles. The molecule has 0 spiro atoms. The summed E-state index contributed by atoms with van der Waals surface area (Å²) in [4.78, 5) is 11.5. The number of benzene rings is 1. The lowest BCUT2D eigenvalue weighted by molar-refractivity contribution is 0.130. The lowest BCUT2D eigenvalue weighted by Gasteiger charge is -2.39. The van der Waals surface area contributed by atoms with E-state index in [-0.39, 0.29) is 21.8 Å². The van der Waals surface area contributed by atoms with Crippen LogP contribution in [0.25, 0.3) is 11.0 Å². The minimum atomic E-state index is -3.63. The SMILES string of the molecule is CC1(C)[C@H]2CC[C@@]1(C)[C@@H](NS(=O)(=O)c1ccc3oc(=O)ccc3c1)C2. The fraction of sp³-hybridized carbons (Fsp3) is 0.526. The van der Waals surface area contributed by atoms with Gasteiger partial charge in [-0.3, -0.25) is 0 Å². The predicted octanol–water partition coefficient (Wildman–Crippen LogP) is 3.29. The van der Waals surface area contributed by atoms with Crippen molar-refractivity contribution in [2.45, 2.75) is 51.0 Å². The van der Waals surface area contributed by atoms with Gasteiger partial charge in [0.2, 0.25) is 10.0 Å². The van der Waals surface area contributed by atoms with Gasteiger partial charge in [-0.05, 0) is 60.3 Å². The molecule has 0 amide bonds. The summed E-state index contributed by atoms with van der Waals surface area (Å²) in [6, 6.07) is 7.43. The molecule has 6 heteroatoms. The Morgan fingerprint density at radius 3 is 2.56 bits per heavy atom. The van der Waals surface area contributed by atoms with Crippen LogP contribution in [-0.4, -0.2) is 14.5 Å². The number of hydrogen-bond donors (Lipinski definition) is 1. The van der Waals surface area contributed by atoms with E-state index in [1.54, 1.807) is 12.1 Å². The van der Waals surface area contributed by atoms with Crippen LogP contribution in [0.15, 0.2) is 44.4 Å². The van der Waals surface area contributed by atoms with E-state index in [0.717, 1.165) is 12.8 Å². The highest BCUT2D eigenvalue weighted by Gasteiger charge is 2.61. The van der Waals surface area contributed by atoms with Crippen molar-refractivity contribution < 1.29 is 12.8 Å². The molecule has 2 aliphatic carbocycles. The molecular weight excluding hydrogens is 338 g/mol. The normalized spacial score (nSPS) is 30.8. The average molecular weight is 361 g/mol. The quantitative estimate of drug-likeness (QED) is 0.851. The van der Waals surface area contributed by atoms with Crippen LogP contribution in [0.3, 0.4) is 0 Å². The molecule has 134 valence electrons. The first kappa shape index (κ1) is 16.8. The van der Waals surface area contributed by atoms with E-state index in [1.807, 2.05) is 0 Å². The van der Waals surface area contributed by atoms with Crippen LogP contribution in [0.4, 0.5) is 0 Å². The molecule has 0 unspecified atom stereocenters. The second-order valence-electron chi connectivity index (χ2n) is 8.24. The van der Waals surface area contributed by atoms with Crippen LogP contribution in [0.5, 0.6) is 0 Å². The van der Waals surface area contributed by atoms with Gasteiger partial charge < -0.3 is 4.42 Å². The third-order valence-corrected chi connectivity index (χ3v) is 8.46. The summed E-state index contributed by atoms with van der Waals surface area (Å²) in [7, 11) is -3.63. The monoisotopic (exact) mass is 361 g/mol. The van der Waals surface area contributed by atoms with Crippen molar-refractivity contribution in [1.82, 2.24) is 4.72 Å². The van der Waals surface area contributed by atoms with Crippen LogP contribution in [-0.2, 0) is 10.0 Å². The fourth-order valence-corrected chi connectivity index (χ4v) is 6.25. The molecule has 0 saturated heterocycles. The van der Waals surface area contributed by atoms with E-state index < -0.39 is 15.6 Å². The maximum Gasteiger partial charge on any atom is 0.336 e. The summed E-state index contributed by atoms with van der Waals surface area (Å²) >= 11 is 0. The van der Waals surface area contributed by atoms with Gasteiger partial charge in [-0.1, -0.05) is 20.8 Å². The van der Waals surface area contributed by atoms with E-state index in [0.29, 0.717) is 16.9 Å². The molecule has 0 radical (unpaired) electrons.